The van der Waals surface area contributed by atoms with Gasteiger partial charge < -0.3 is 11.1 Å². The quantitative estimate of drug-likeness (QED) is 0.579. The van der Waals surface area contributed by atoms with E-state index in [9.17, 15) is 0 Å². The summed E-state index contributed by atoms with van der Waals surface area (Å²) in [6.45, 7) is 4.85. The Morgan fingerprint density at radius 2 is 1.88 bits per heavy atom. The molecule has 0 radical (unpaired) electrons. The maximum Gasteiger partial charge on any atom is 0.0223 e. The summed E-state index contributed by atoms with van der Waals surface area (Å²) in [5.41, 5.74) is 5.52. The molecule has 0 bridgehead atoms. The average Bonchev–Trinajstić information content (AvgIpc) is 1.30. The Morgan fingerprint density at radius 1 is 1.50 bits per heavy atom. The Kier molecular flexibility index (Phi) is 5.71. The van der Waals surface area contributed by atoms with Gasteiger partial charge in [-0.3, -0.25) is 0 Å². The van der Waals surface area contributed by atoms with Crippen LogP contribution in [0.4, 0.5) is 0 Å². The predicted molar refractivity (Wildman–Crippen MR) is 39.4 cm³/mol. The molecule has 0 aliphatic carbocycles. The molecule has 0 amide bonds. The summed E-state index contributed by atoms with van der Waals surface area (Å²) in [6.07, 6.45) is 0. The molecule has 0 saturated carbocycles. The van der Waals surface area contributed by atoms with Gasteiger partial charge >= 0.3 is 0 Å². The van der Waals surface area contributed by atoms with Gasteiger partial charge in [0.1, 0.15) is 0 Å². The molecule has 3 heteroatoms. The van der Waals surface area contributed by atoms with Crippen molar-refractivity contribution in [2.45, 2.75) is 19.4 Å². The van der Waals surface area contributed by atoms with E-state index in [1.165, 1.54) is 0 Å². The van der Waals surface area contributed by atoms with Crippen LogP contribution in [0.2, 0.25) is 0 Å². The normalized spacial score (nSPS) is 10.5. The molecular weight excluding hydrogens is 124 g/mol. The van der Waals surface area contributed by atoms with Gasteiger partial charge in [0.2, 0.25) is 0 Å². The van der Waals surface area contributed by atoms with Crippen LogP contribution in [0, 0.1) is 0 Å². The number of nitrogens with two attached hydrogens (primary N) is 1. The molecule has 8 heavy (non-hydrogen) atoms. The first-order valence-corrected chi connectivity index (χ1v) is 2.50. The Balaban J connectivity index is 0. The SMILES string of the molecule is CNCC(C)(C)N.Cl. The number of rotatable bonds is 2. The fourth-order valence-electron chi connectivity index (χ4n) is 0.456. The molecule has 0 aromatic rings. The maximum absolute atomic E-state index is 5.58. The maximum atomic E-state index is 5.58. The van der Waals surface area contributed by atoms with E-state index in [0.29, 0.717) is 0 Å². The smallest absolute Gasteiger partial charge is 0.0223 e. The van der Waals surface area contributed by atoms with Crippen LogP contribution >= 0.6 is 12.4 Å². The van der Waals surface area contributed by atoms with Gasteiger partial charge in [-0.05, 0) is 20.9 Å². The molecule has 0 heterocycles. The highest BCUT2D eigenvalue weighted by molar-refractivity contribution is 5.85. The van der Waals surface area contributed by atoms with Crippen LogP contribution in [0.1, 0.15) is 13.8 Å². The summed E-state index contributed by atoms with van der Waals surface area (Å²) in [7, 11) is 1.90. The molecule has 0 aliphatic heterocycles. The Hall–Kier alpha value is 0.210. The van der Waals surface area contributed by atoms with Gasteiger partial charge in [-0.1, -0.05) is 0 Å². The molecule has 0 aliphatic rings. The van der Waals surface area contributed by atoms with E-state index in [4.69, 9.17) is 5.73 Å². The fraction of sp³-hybridized carbons (Fsp3) is 1.00. The highest BCUT2D eigenvalue weighted by atomic mass is 35.5. The van der Waals surface area contributed by atoms with Crippen molar-refractivity contribution in [3.63, 3.8) is 0 Å². The number of hydrogen-bond donors (Lipinski definition) is 2. The lowest BCUT2D eigenvalue weighted by molar-refractivity contribution is 0.490. The van der Waals surface area contributed by atoms with Gasteiger partial charge in [0, 0.05) is 12.1 Å². The van der Waals surface area contributed by atoms with Crippen molar-refractivity contribution in [1.82, 2.24) is 5.32 Å². The highest BCUT2D eigenvalue weighted by Crippen LogP contribution is 1.90. The summed E-state index contributed by atoms with van der Waals surface area (Å²) in [6, 6.07) is 0. The van der Waals surface area contributed by atoms with Crippen molar-refractivity contribution >= 4 is 12.4 Å². The molecule has 52 valence electrons. The van der Waals surface area contributed by atoms with Crippen LogP contribution in [0.5, 0.6) is 0 Å². The standard InChI is InChI=1S/C5H14N2.ClH/c1-5(2,6)4-7-3;/h7H,4,6H2,1-3H3;1H. The largest absolute Gasteiger partial charge is 0.324 e. The van der Waals surface area contributed by atoms with E-state index < -0.39 is 0 Å². The minimum Gasteiger partial charge on any atom is -0.324 e. The van der Waals surface area contributed by atoms with Crippen LogP contribution in [-0.4, -0.2) is 19.1 Å². The third-order valence-electron chi connectivity index (χ3n) is 0.632. The van der Waals surface area contributed by atoms with Gasteiger partial charge in [0.25, 0.3) is 0 Å². The first-order valence-electron chi connectivity index (χ1n) is 2.50. The van der Waals surface area contributed by atoms with Crippen molar-refractivity contribution in [3.05, 3.63) is 0 Å². The third-order valence-corrected chi connectivity index (χ3v) is 0.632. The van der Waals surface area contributed by atoms with Gasteiger partial charge in [-0.2, -0.15) is 0 Å². The Labute approximate surface area is 57.2 Å². The zero-order valence-corrected chi connectivity index (χ0v) is 6.51. The second-order valence-corrected chi connectivity index (χ2v) is 2.52. The van der Waals surface area contributed by atoms with Crippen molar-refractivity contribution in [2.75, 3.05) is 13.6 Å². The summed E-state index contributed by atoms with van der Waals surface area (Å²) in [5, 5.41) is 2.98. The van der Waals surface area contributed by atoms with Gasteiger partial charge in [-0.25, -0.2) is 0 Å². The zero-order chi connectivity index (χ0) is 5.91. The lowest BCUT2D eigenvalue weighted by Crippen LogP contribution is -2.41. The van der Waals surface area contributed by atoms with E-state index in [0.717, 1.165) is 6.54 Å². The minimum absolute atomic E-state index is 0. The Bertz CT molecular complexity index is 48.9. The zero-order valence-electron chi connectivity index (χ0n) is 5.69. The molecular formula is C5H15ClN2. The lowest BCUT2D eigenvalue weighted by atomic mass is 10.1. The summed E-state index contributed by atoms with van der Waals surface area (Å²) < 4.78 is 0. The molecule has 0 unspecified atom stereocenters. The van der Waals surface area contributed by atoms with E-state index in [1.54, 1.807) is 0 Å². The molecule has 0 fully saturated rings. The monoisotopic (exact) mass is 138 g/mol. The predicted octanol–water partition coefficient (Wildman–Crippen LogP) is 0.365. The second kappa shape index (κ2) is 4.13. The molecule has 0 aromatic heterocycles. The van der Waals surface area contributed by atoms with Crippen LogP contribution in [-0.2, 0) is 0 Å². The van der Waals surface area contributed by atoms with E-state index in [1.807, 2.05) is 20.9 Å². The number of nitrogens with one attached hydrogen (secondary N) is 1. The number of halogens is 1. The summed E-state index contributed by atoms with van der Waals surface area (Å²) >= 11 is 0. The second-order valence-electron chi connectivity index (χ2n) is 2.52. The molecule has 0 spiro atoms. The molecule has 2 nitrogen and oxygen atoms in total. The molecule has 0 saturated heterocycles. The van der Waals surface area contributed by atoms with Gasteiger partial charge in [-0.15, -0.1) is 12.4 Å². The first-order chi connectivity index (χ1) is 3.06. The highest BCUT2D eigenvalue weighted by Gasteiger charge is 2.06. The number of likely N-dealkylation sites (N-methyl/N-ethyl adjacent to an activating group) is 1. The summed E-state index contributed by atoms with van der Waals surface area (Å²) in [4.78, 5) is 0. The summed E-state index contributed by atoms with van der Waals surface area (Å²) in [5.74, 6) is 0. The topological polar surface area (TPSA) is 38.0 Å². The third kappa shape index (κ3) is 9.51. The molecule has 0 atom stereocenters. The molecule has 0 aromatic carbocycles. The number of hydrogen-bond acceptors (Lipinski definition) is 2. The van der Waals surface area contributed by atoms with Crippen molar-refractivity contribution < 1.29 is 0 Å². The fourth-order valence-corrected chi connectivity index (χ4v) is 0.456. The Morgan fingerprint density at radius 3 is 1.88 bits per heavy atom. The van der Waals surface area contributed by atoms with Crippen molar-refractivity contribution in [3.8, 4) is 0 Å². The van der Waals surface area contributed by atoms with Crippen LogP contribution in [0.25, 0.3) is 0 Å². The minimum atomic E-state index is -0.0608. The molecule has 3 N–H and O–H groups in total. The van der Waals surface area contributed by atoms with E-state index in [2.05, 4.69) is 5.32 Å². The van der Waals surface area contributed by atoms with E-state index >= 15 is 0 Å². The van der Waals surface area contributed by atoms with Crippen LogP contribution in [0.3, 0.4) is 0 Å². The van der Waals surface area contributed by atoms with Crippen LogP contribution in [0.15, 0.2) is 0 Å². The lowest BCUT2D eigenvalue weighted by Gasteiger charge is -2.16. The van der Waals surface area contributed by atoms with Crippen molar-refractivity contribution in [1.29, 1.82) is 0 Å². The molecule has 0 rings (SSSR count). The van der Waals surface area contributed by atoms with Crippen molar-refractivity contribution in [2.24, 2.45) is 5.73 Å². The van der Waals surface area contributed by atoms with Gasteiger partial charge in [0.15, 0.2) is 0 Å². The van der Waals surface area contributed by atoms with Crippen LogP contribution < -0.4 is 11.1 Å². The first kappa shape index (κ1) is 11.1. The van der Waals surface area contributed by atoms with E-state index in [-0.39, 0.29) is 17.9 Å². The average molecular weight is 139 g/mol. The van der Waals surface area contributed by atoms with Gasteiger partial charge in [0.05, 0.1) is 0 Å².